The van der Waals surface area contributed by atoms with Crippen molar-refractivity contribution in [2.75, 3.05) is 0 Å². The lowest BCUT2D eigenvalue weighted by Gasteiger charge is -2.32. The van der Waals surface area contributed by atoms with Gasteiger partial charge in [-0.2, -0.15) is 0 Å². The van der Waals surface area contributed by atoms with Gasteiger partial charge in [-0.3, -0.25) is 0 Å². The fourth-order valence-corrected chi connectivity index (χ4v) is 15.7. The van der Waals surface area contributed by atoms with Gasteiger partial charge in [0.2, 0.25) is 0 Å². The number of halogens is 2. The van der Waals surface area contributed by atoms with E-state index >= 15 is 0 Å². The largest absolute Gasteiger partial charge is 0.456 e. The minimum Gasteiger partial charge on any atom is -0.456 e. The van der Waals surface area contributed by atoms with Gasteiger partial charge in [0, 0.05) is 37.2 Å². The number of furan rings is 2. The minimum atomic E-state index is -0.684. The molecule has 2 unspecified atom stereocenters. The van der Waals surface area contributed by atoms with Gasteiger partial charge in [0.25, 0.3) is 0 Å². The van der Waals surface area contributed by atoms with Gasteiger partial charge in [-0.1, -0.05) is 217 Å². The second-order valence-corrected chi connectivity index (χ2v) is 22.4. The first kappa shape index (κ1) is 43.0. The summed E-state index contributed by atoms with van der Waals surface area (Å²) in [6.07, 6.45) is 0. The first-order valence-electron chi connectivity index (χ1n) is 26.7. The van der Waals surface area contributed by atoms with Crippen LogP contribution in [0.3, 0.4) is 0 Å². The topological polar surface area (TPSA) is 26.3 Å². The van der Waals surface area contributed by atoms with Crippen LogP contribution in [0.15, 0.2) is 251 Å². The summed E-state index contributed by atoms with van der Waals surface area (Å²) in [7, 11) is 0. The van der Waals surface area contributed by atoms with Crippen LogP contribution in [0.2, 0.25) is 10.0 Å². The minimum absolute atomic E-state index is 0.587. The van der Waals surface area contributed by atoms with Crippen LogP contribution in [0.4, 0.5) is 0 Å². The lowest BCUT2D eigenvalue weighted by Crippen LogP contribution is -2.26. The smallest absolute Gasteiger partial charge is 0.143 e. The zero-order valence-corrected chi connectivity index (χ0v) is 43.2. The molecule has 12 aromatic carbocycles. The molecule has 0 N–H and O–H groups in total. The van der Waals surface area contributed by atoms with E-state index in [1.54, 1.807) is 0 Å². The van der Waals surface area contributed by atoms with E-state index in [0.717, 1.165) is 82.3 Å². The van der Waals surface area contributed by atoms with Crippen LogP contribution >= 0.6 is 23.2 Å². The number of rotatable bonds is 3. The molecule has 2 aromatic heterocycles. The van der Waals surface area contributed by atoms with Crippen LogP contribution in [-0.2, 0) is 10.8 Å². The molecule has 0 radical (unpaired) electrons. The second-order valence-electron chi connectivity index (χ2n) is 21.5. The number of para-hydroxylation sites is 1. The third-order valence-corrected chi connectivity index (χ3v) is 18.5. The van der Waals surface area contributed by atoms with Crippen LogP contribution < -0.4 is 0 Å². The predicted molar refractivity (Wildman–Crippen MR) is 320 cm³/mol. The number of hydrogen-bond acceptors (Lipinski definition) is 2. The molecule has 4 heteroatoms. The summed E-state index contributed by atoms with van der Waals surface area (Å²) in [6.45, 7) is 0. The fourth-order valence-electron chi connectivity index (χ4n) is 15.3. The average Bonchev–Trinajstić information content (AvgIpc) is 3.53. The highest BCUT2D eigenvalue weighted by Gasteiger charge is 2.56. The SMILES string of the molecule is Clc1cccc(-c2cccc3c2C2(c4ccccc4-3)c3ccccc3-c3c2ccc2oc4cc(-c5ccc(-c6cccc(Cl)c6)c6c5-c5ccccc5C65c6ccccc6-c6c5ccc5c6oc6ccccc65)ccc4c32)c1. The van der Waals surface area contributed by atoms with Crippen molar-refractivity contribution >= 4 is 67.1 Å². The van der Waals surface area contributed by atoms with Crippen molar-refractivity contribution < 1.29 is 8.83 Å². The van der Waals surface area contributed by atoms with Gasteiger partial charge in [0.1, 0.15) is 22.3 Å². The summed E-state index contributed by atoms with van der Waals surface area (Å²) in [6, 6.07) is 88.7. The van der Waals surface area contributed by atoms with E-state index in [2.05, 4.69) is 231 Å². The van der Waals surface area contributed by atoms with Crippen LogP contribution in [0.1, 0.15) is 44.5 Å². The van der Waals surface area contributed by atoms with E-state index < -0.39 is 10.8 Å². The summed E-state index contributed by atoms with van der Waals surface area (Å²) in [5, 5.41) is 5.88. The quantitative estimate of drug-likeness (QED) is 0.176. The monoisotopic (exact) mass is 1030 g/mol. The molecule has 0 amide bonds. The molecule has 0 bridgehead atoms. The summed E-state index contributed by atoms with van der Waals surface area (Å²) in [5.41, 5.74) is 28.7. The van der Waals surface area contributed by atoms with Crippen molar-refractivity contribution in [1.82, 2.24) is 0 Å². The zero-order valence-electron chi connectivity index (χ0n) is 41.7. The molecule has 4 aliphatic carbocycles. The zero-order chi connectivity index (χ0) is 51.2. The first-order chi connectivity index (χ1) is 38.5. The highest BCUT2D eigenvalue weighted by molar-refractivity contribution is 6.31. The summed E-state index contributed by atoms with van der Waals surface area (Å²) < 4.78 is 14.1. The summed E-state index contributed by atoms with van der Waals surface area (Å²) in [4.78, 5) is 0. The third-order valence-electron chi connectivity index (χ3n) is 18.0. The van der Waals surface area contributed by atoms with Crippen LogP contribution in [0, 0.1) is 0 Å². The molecule has 0 aliphatic heterocycles. The maximum absolute atomic E-state index is 7.16. The summed E-state index contributed by atoms with van der Waals surface area (Å²) in [5.74, 6) is 0. The number of benzene rings is 12. The van der Waals surface area contributed by atoms with Crippen LogP contribution in [-0.4, -0.2) is 0 Å². The van der Waals surface area contributed by atoms with Crippen molar-refractivity contribution in [2.45, 2.75) is 10.8 Å². The molecule has 14 aromatic rings. The molecule has 2 heterocycles. The number of fused-ring (bicyclic) bond motifs is 28. The molecule has 78 heavy (non-hydrogen) atoms. The van der Waals surface area contributed by atoms with E-state index in [0.29, 0.717) is 5.02 Å². The van der Waals surface area contributed by atoms with Gasteiger partial charge in [-0.15, -0.1) is 0 Å². The Morgan fingerprint density at radius 1 is 0.269 bits per heavy atom. The van der Waals surface area contributed by atoms with E-state index in [9.17, 15) is 0 Å². The Morgan fingerprint density at radius 3 is 1.50 bits per heavy atom. The second kappa shape index (κ2) is 15.3. The fraction of sp³-hybridized carbons (Fsp3) is 0.0270. The Labute approximate surface area is 459 Å². The standard InChI is InChI=1S/C74H40Cl2O2/c75-44-16-11-14-41(38-44)47-23-13-24-51-49-18-1-6-25-57(49)73(70(47)51)59-27-8-3-21-54(59)67-61(73)36-37-64-69(67)56-31-30-43(40-65(56)77-64)46-32-33-48(42-15-12-17-45(76)39-42)71-66(46)53-20-2-7-26-58(53)74(71)60-28-9-4-22-55(60)68-62(74)35-34-52-50-19-5-10-29-63(50)78-72(52)68/h1-40H. The molecule has 362 valence electrons. The Kier molecular flexibility index (Phi) is 8.41. The predicted octanol–water partition coefficient (Wildman–Crippen LogP) is 20.5. The van der Waals surface area contributed by atoms with Crippen molar-refractivity contribution in [3.63, 3.8) is 0 Å². The van der Waals surface area contributed by atoms with Crippen molar-refractivity contribution in [3.8, 4) is 77.9 Å². The Balaban J connectivity index is 0.898. The van der Waals surface area contributed by atoms with Gasteiger partial charge in [0.15, 0.2) is 0 Å². The lowest BCUT2D eigenvalue weighted by molar-refractivity contribution is 0.668. The maximum Gasteiger partial charge on any atom is 0.143 e. The lowest BCUT2D eigenvalue weighted by atomic mass is 9.68. The van der Waals surface area contributed by atoms with Gasteiger partial charge in [0.05, 0.1) is 10.8 Å². The van der Waals surface area contributed by atoms with Gasteiger partial charge in [-0.05, 0) is 165 Å². The van der Waals surface area contributed by atoms with E-state index in [1.807, 2.05) is 12.1 Å². The molecular formula is C74H40Cl2O2. The highest BCUT2D eigenvalue weighted by Crippen LogP contribution is 2.69. The molecule has 2 atom stereocenters. The molecule has 4 aliphatic rings. The molecule has 0 saturated carbocycles. The van der Waals surface area contributed by atoms with Crippen molar-refractivity contribution in [3.05, 3.63) is 297 Å². The average molecular weight is 1030 g/mol. The van der Waals surface area contributed by atoms with E-state index in [1.165, 1.54) is 89.0 Å². The van der Waals surface area contributed by atoms with Gasteiger partial charge >= 0.3 is 0 Å². The van der Waals surface area contributed by atoms with Crippen molar-refractivity contribution in [2.24, 2.45) is 0 Å². The van der Waals surface area contributed by atoms with E-state index in [-0.39, 0.29) is 0 Å². The van der Waals surface area contributed by atoms with E-state index in [4.69, 9.17) is 32.0 Å². The third kappa shape index (κ3) is 5.21. The van der Waals surface area contributed by atoms with Gasteiger partial charge in [-0.25, -0.2) is 0 Å². The number of hydrogen-bond donors (Lipinski definition) is 0. The van der Waals surface area contributed by atoms with Crippen molar-refractivity contribution in [1.29, 1.82) is 0 Å². The molecule has 0 saturated heterocycles. The Bertz CT molecular complexity index is 5030. The van der Waals surface area contributed by atoms with Gasteiger partial charge < -0.3 is 8.83 Å². The molecule has 0 fully saturated rings. The molecule has 2 spiro atoms. The highest BCUT2D eigenvalue weighted by atomic mass is 35.5. The Hall–Kier alpha value is -9.18. The first-order valence-corrected chi connectivity index (χ1v) is 27.4. The molecule has 2 nitrogen and oxygen atoms in total. The van der Waals surface area contributed by atoms with Crippen LogP contribution in [0.25, 0.3) is 122 Å². The van der Waals surface area contributed by atoms with Crippen LogP contribution in [0.5, 0.6) is 0 Å². The normalized spacial score (nSPS) is 16.7. The molecule has 18 rings (SSSR count). The molecular weight excluding hydrogens is 992 g/mol. The summed E-state index contributed by atoms with van der Waals surface area (Å²) >= 11 is 13.7. The maximum atomic E-state index is 7.16. The Morgan fingerprint density at radius 2 is 0.782 bits per heavy atom.